The Kier molecular flexibility index (Phi) is 6.84. The first-order valence-corrected chi connectivity index (χ1v) is 10.6. The van der Waals surface area contributed by atoms with Gasteiger partial charge in [-0.3, -0.25) is 0 Å². The van der Waals surface area contributed by atoms with E-state index in [0.29, 0.717) is 17.5 Å². The number of rotatable bonds is 7. The van der Waals surface area contributed by atoms with E-state index in [1.54, 1.807) is 0 Å². The topological polar surface area (TPSA) is 49.4 Å². The Balaban J connectivity index is 1.92. The van der Waals surface area contributed by atoms with Crippen LogP contribution in [0.3, 0.4) is 0 Å². The molecular formula is C19H32N2O2S. The summed E-state index contributed by atoms with van der Waals surface area (Å²) in [5, 5.41) is 0. The first-order valence-electron chi connectivity index (χ1n) is 9.16. The molecule has 0 spiro atoms. The normalized spacial score (nSPS) is 19.6. The van der Waals surface area contributed by atoms with E-state index >= 15 is 0 Å². The number of piperidine rings is 1. The van der Waals surface area contributed by atoms with Gasteiger partial charge in [-0.05, 0) is 70.7 Å². The summed E-state index contributed by atoms with van der Waals surface area (Å²) in [6.45, 7) is 10.6. The molecule has 1 saturated heterocycles. The highest BCUT2D eigenvalue weighted by molar-refractivity contribution is 7.89. The van der Waals surface area contributed by atoms with Gasteiger partial charge in [0.15, 0.2) is 0 Å². The van der Waals surface area contributed by atoms with Crippen LogP contribution in [-0.4, -0.2) is 39.0 Å². The van der Waals surface area contributed by atoms with Crippen molar-refractivity contribution in [2.75, 3.05) is 19.6 Å². The molecule has 1 aromatic rings. The fourth-order valence-corrected chi connectivity index (χ4v) is 5.49. The molecule has 1 aliphatic heterocycles. The van der Waals surface area contributed by atoms with E-state index in [1.807, 2.05) is 32.9 Å². The molecule has 1 heterocycles. The SMILES string of the molecule is CCC1CCCCN1CCCNS(=O)(=O)c1c(C)cc(C)cc1C. The van der Waals surface area contributed by atoms with Crippen LogP contribution >= 0.6 is 0 Å². The van der Waals surface area contributed by atoms with Crippen molar-refractivity contribution in [3.8, 4) is 0 Å². The lowest BCUT2D eigenvalue weighted by Gasteiger charge is -2.35. The molecule has 24 heavy (non-hydrogen) atoms. The Morgan fingerprint density at radius 3 is 2.46 bits per heavy atom. The fraction of sp³-hybridized carbons (Fsp3) is 0.684. The van der Waals surface area contributed by atoms with Crippen molar-refractivity contribution in [3.63, 3.8) is 0 Å². The van der Waals surface area contributed by atoms with Gasteiger partial charge in [0.2, 0.25) is 10.0 Å². The Bertz CT molecular complexity index is 632. The Hall–Kier alpha value is -0.910. The minimum absolute atomic E-state index is 0.442. The number of aryl methyl sites for hydroxylation is 3. The molecule has 1 aliphatic rings. The smallest absolute Gasteiger partial charge is 0.241 e. The lowest BCUT2D eigenvalue weighted by Crippen LogP contribution is -2.40. The summed E-state index contributed by atoms with van der Waals surface area (Å²) in [5.74, 6) is 0. The standard InChI is InChI=1S/C19H32N2O2S/c1-5-18-9-6-7-11-21(18)12-8-10-20-24(22,23)19-16(3)13-15(2)14-17(19)4/h13-14,18,20H,5-12H2,1-4H3. The van der Waals surface area contributed by atoms with Gasteiger partial charge in [-0.15, -0.1) is 0 Å². The van der Waals surface area contributed by atoms with Crippen molar-refractivity contribution in [1.82, 2.24) is 9.62 Å². The van der Waals surface area contributed by atoms with E-state index < -0.39 is 10.0 Å². The molecule has 2 rings (SSSR count). The van der Waals surface area contributed by atoms with Gasteiger partial charge >= 0.3 is 0 Å². The predicted octanol–water partition coefficient (Wildman–Crippen LogP) is 3.54. The van der Waals surface area contributed by atoms with E-state index in [0.717, 1.165) is 36.2 Å². The quantitative estimate of drug-likeness (QED) is 0.764. The molecule has 4 nitrogen and oxygen atoms in total. The summed E-state index contributed by atoms with van der Waals surface area (Å²) in [6, 6.07) is 4.54. The lowest BCUT2D eigenvalue weighted by atomic mass is 10.00. The van der Waals surface area contributed by atoms with Crippen molar-refractivity contribution < 1.29 is 8.42 Å². The molecule has 136 valence electrons. The van der Waals surface area contributed by atoms with Crippen LogP contribution in [0.5, 0.6) is 0 Å². The first-order chi connectivity index (χ1) is 11.3. The highest BCUT2D eigenvalue weighted by Gasteiger charge is 2.21. The van der Waals surface area contributed by atoms with Crippen LogP contribution in [0.4, 0.5) is 0 Å². The van der Waals surface area contributed by atoms with Crippen LogP contribution in [0.25, 0.3) is 0 Å². The number of hydrogen-bond donors (Lipinski definition) is 1. The van der Waals surface area contributed by atoms with Crippen molar-refractivity contribution in [2.24, 2.45) is 0 Å². The highest BCUT2D eigenvalue weighted by atomic mass is 32.2. The molecule has 0 amide bonds. The van der Waals surface area contributed by atoms with E-state index in [9.17, 15) is 8.42 Å². The van der Waals surface area contributed by atoms with Gasteiger partial charge in [0, 0.05) is 12.6 Å². The molecule has 1 atom stereocenters. The van der Waals surface area contributed by atoms with Crippen molar-refractivity contribution >= 4 is 10.0 Å². The molecule has 1 aromatic carbocycles. The maximum Gasteiger partial charge on any atom is 0.241 e. The zero-order chi connectivity index (χ0) is 17.7. The van der Waals surface area contributed by atoms with Gasteiger partial charge in [-0.25, -0.2) is 13.1 Å². The maximum atomic E-state index is 12.6. The third-order valence-electron chi connectivity index (χ3n) is 5.01. The molecule has 1 fully saturated rings. The summed E-state index contributed by atoms with van der Waals surface area (Å²) < 4.78 is 28.1. The summed E-state index contributed by atoms with van der Waals surface area (Å²) in [4.78, 5) is 2.97. The second kappa shape index (κ2) is 8.45. The zero-order valence-electron chi connectivity index (χ0n) is 15.6. The largest absolute Gasteiger partial charge is 0.300 e. The van der Waals surface area contributed by atoms with E-state index in [4.69, 9.17) is 0 Å². The van der Waals surface area contributed by atoms with Gasteiger partial charge in [-0.1, -0.05) is 31.0 Å². The fourth-order valence-electron chi connectivity index (χ4n) is 3.97. The van der Waals surface area contributed by atoms with Crippen LogP contribution in [0.2, 0.25) is 0 Å². The number of nitrogens with one attached hydrogen (secondary N) is 1. The van der Waals surface area contributed by atoms with Crippen LogP contribution in [0.15, 0.2) is 17.0 Å². The molecule has 0 saturated carbocycles. The number of nitrogens with zero attached hydrogens (tertiary/aromatic N) is 1. The zero-order valence-corrected chi connectivity index (χ0v) is 16.4. The number of hydrogen-bond acceptors (Lipinski definition) is 3. The minimum atomic E-state index is -3.43. The molecule has 0 bridgehead atoms. The number of likely N-dealkylation sites (tertiary alicyclic amines) is 1. The Morgan fingerprint density at radius 1 is 1.17 bits per heavy atom. The third-order valence-corrected chi connectivity index (χ3v) is 6.77. The second-order valence-corrected chi connectivity index (χ2v) is 8.78. The first kappa shape index (κ1) is 19.4. The lowest BCUT2D eigenvalue weighted by molar-refractivity contribution is 0.143. The predicted molar refractivity (Wildman–Crippen MR) is 100.0 cm³/mol. The Morgan fingerprint density at radius 2 is 1.83 bits per heavy atom. The van der Waals surface area contributed by atoms with E-state index in [-0.39, 0.29) is 0 Å². The van der Waals surface area contributed by atoms with Crippen molar-refractivity contribution in [3.05, 3.63) is 28.8 Å². The Labute approximate surface area is 147 Å². The van der Waals surface area contributed by atoms with Crippen LogP contribution < -0.4 is 4.72 Å². The minimum Gasteiger partial charge on any atom is -0.300 e. The molecule has 0 aliphatic carbocycles. The molecule has 5 heteroatoms. The van der Waals surface area contributed by atoms with Crippen molar-refractivity contribution in [2.45, 2.75) is 70.7 Å². The average Bonchev–Trinajstić information content (AvgIpc) is 2.50. The number of sulfonamides is 1. The van der Waals surface area contributed by atoms with Gasteiger partial charge < -0.3 is 4.90 Å². The molecule has 0 radical (unpaired) electrons. The summed E-state index contributed by atoms with van der Waals surface area (Å²) in [5.41, 5.74) is 2.74. The monoisotopic (exact) mass is 352 g/mol. The highest BCUT2D eigenvalue weighted by Crippen LogP contribution is 2.22. The summed E-state index contributed by atoms with van der Waals surface area (Å²) in [7, 11) is -3.43. The van der Waals surface area contributed by atoms with E-state index in [2.05, 4.69) is 16.5 Å². The number of benzene rings is 1. The van der Waals surface area contributed by atoms with Crippen LogP contribution in [0, 0.1) is 20.8 Å². The van der Waals surface area contributed by atoms with Gasteiger partial charge in [0.05, 0.1) is 4.90 Å². The maximum absolute atomic E-state index is 12.6. The third kappa shape index (κ3) is 4.80. The van der Waals surface area contributed by atoms with Gasteiger partial charge in [0.1, 0.15) is 0 Å². The molecule has 1 N–H and O–H groups in total. The average molecular weight is 353 g/mol. The second-order valence-electron chi connectivity index (χ2n) is 7.07. The molecule has 1 unspecified atom stereocenters. The summed E-state index contributed by atoms with van der Waals surface area (Å²) in [6.07, 6.45) is 5.93. The van der Waals surface area contributed by atoms with Crippen molar-refractivity contribution in [1.29, 1.82) is 0 Å². The van der Waals surface area contributed by atoms with E-state index in [1.165, 1.54) is 25.7 Å². The summed E-state index contributed by atoms with van der Waals surface area (Å²) >= 11 is 0. The van der Waals surface area contributed by atoms with Crippen LogP contribution in [-0.2, 0) is 10.0 Å². The van der Waals surface area contributed by atoms with Gasteiger partial charge in [0.25, 0.3) is 0 Å². The molecule has 0 aromatic heterocycles. The molecular weight excluding hydrogens is 320 g/mol. The van der Waals surface area contributed by atoms with Gasteiger partial charge in [-0.2, -0.15) is 0 Å². The van der Waals surface area contributed by atoms with Crippen LogP contribution in [0.1, 0.15) is 55.7 Å².